The van der Waals surface area contributed by atoms with E-state index in [1.807, 2.05) is 37.5 Å². The van der Waals surface area contributed by atoms with E-state index in [0.29, 0.717) is 5.92 Å². The molecule has 7 nitrogen and oxygen atoms in total. The molecule has 4 N–H and O–H groups in total. The minimum Gasteiger partial charge on any atom is -0.383 e. The van der Waals surface area contributed by atoms with Gasteiger partial charge in [-0.2, -0.15) is 9.61 Å². The van der Waals surface area contributed by atoms with Gasteiger partial charge in [-0.15, -0.1) is 0 Å². The van der Waals surface area contributed by atoms with Crippen LogP contribution in [-0.2, 0) is 6.42 Å². The Hall–Kier alpha value is -2.38. The minimum absolute atomic E-state index is 0.392. The first-order valence-electron chi connectivity index (χ1n) is 9.19. The summed E-state index contributed by atoms with van der Waals surface area (Å²) in [5.74, 6) is 7.10. The Morgan fingerprint density at radius 3 is 2.92 bits per heavy atom. The maximum absolute atomic E-state index is 5.89. The Bertz CT molecular complexity index is 813. The SMILES string of the molecule is C=C/C(=C\N(C)C)c1cnn2c(NN)c(CC)c(C3CCCNC3)nc12. The van der Waals surface area contributed by atoms with Crippen LogP contribution in [0.25, 0.3) is 11.2 Å². The Labute approximate surface area is 154 Å². The number of rotatable bonds is 6. The molecule has 0 radical (unpaired) electrons. The summed E-state index contributed by atoms with van der Waals surface area (Å²) in [6.45, 7) is 8.11. The van der Waals surface area contributed by atoms with Gasteiger partial charge in [0.15, 0.2) is 5.65 Å². The van der Waals surface area contributed by atoms with Crippen LogP contribution in [0.5, 0.6) is 0 Å². The van der Waals surface area contributed by atoms with E-state index in [0.717, 1.165) is 66.2 Å². The molecule has 1 atom stereocenters. The largest absolute Gasteiger partial charge is 0.383 e. The fraction of sp³-hybridized carbons (Fsp3) is 0.474. The van der Waals surface area contributed by atoms with Gasteiger partial charge in [-0.25, -0.2) is 10.8 Å². The molecule has 2 aromatic heterocycles. The molecule has 0 aromatic carbocycles. The number of nitrogens with zero attached hydrogens (tertiary/aromatic N) is 4. The predicted octanol–water partition coefficient (Wildman–Crippen LogP) is 2.13. The number of fused-ring (bicyclic) bond motifs is 1. The van der Waals surface area contributed by atoms with Gasteiger partial charge in [0.2, 0.25) is 0 Å². The number of nitrogens with one attached hydrogen (secondary N) is 2. The fourth-order valence-electron chi connectivity index (χ4n) is 3.68. The van der Waals surface area contributed by atoms with Crippen LogP contribution in [0.4, 0.5) is 5.82 Å². The van der Waals surface area contributed by atoms with Gasteiger partial charge < -0.3 is 15.6 Å². The maximum atomic E-state index is 5.89. The molecule has 140 valence electrons. The summed E-state index contributed by atoms with van der Waals surface area (Å²) < 4.78 is 1.81. The summed E-state index contributed by atoms with van der Waals surface area (Å²) >= 11 is 0. The molecule has 26 heavy (non-hydrogen) atoms. The highest BCUT2D eigenvalue weighted by Crippen LogP contribution is 2.32. The summed E-state index contributed by atoms with van der Waals surface area (Å²) in [6.07, 6.45) is 8.85. The van der Waals surface area contributed by atoms with Crippen LogP contribution in [0.15, 0.2) is 25.1 Å². The van der Waals surface area contributed by atoms with Gasteiger partial charge in [-0.3, -0.25) is 0 Å². The summed E-state index contributed by atoms with van der Waals surface area (Å²) in [5, 5.41) is 8.04. The second kappa shape index (κ2) is 7.88. The molecule has 0 aliphatic carbocycles. The van der Waals surface area contributed by atoms with Gasteiger partial charge >= 0.3 is 0 Å². The average molecular weight is 355 g/mol. The zero-order valence-electron chi connectivity index (χ0n) is 15.9. The van der Waals surface area contributed by atoms with E-state index in [4.69, 9.17) is 10.8 Å². The monoisotopic (exact) mass is 355 g/mol. The summed E-state index contributed by atoms with van der Waals surface area (Å²) in [5.41, 5.74) is 7.87. The van der Waals surface area contributed by atoms with E-state index >= 15 is 0 Å². The Morgan fingerprint density at radius 2 is 2.35 bits per heavy atom. The average Bonchev–Trinajstić information content (AvgIpc) is 3.08. The molecule has 0 bridgehead atoms. The first-order chi connectivity index (χ1) is 12.6. The predicted molar refractivity (Wildman–Crippen MR) is 107 cm³/mol. The van der Waals surface area contributed by atoms with Crippen LogP contribution < -0.4 is 16.6 Å². The number of aromatic nitrogens is 3. The molecule has 3 rings (SSSR count). The molecule has 0 amide bonds. The summed E-state index contributed by atoms with van der Waals surface area (Å²) in [4.78, 5) is 7.07. The number of piperidine rings is 1. The summed E-state index contributed by atoms with van der Waals surface area (Å²) in [6, 6.07) is 0. The van der Waals surface area contributed by atoms with Crippen molar-refractivity contribution in [3.8, 4) is 0 Å². The van der Waals surface area contributed by atoms with E-state index < -0.39 is 0 Å². The molecule has 1 aliphatic rings. The topological polar surface area (TPSA) is 83.5 Å². The van der Waals surface area contributed by atoms with Crippen LogP contribution in [-0.4, -0.2) is 46.7 Å². The molecule has 0 saturated carbocycles. The van der Waals surface area contributed by atoms with Crippen molar-refractivity contribution < 1.29 is 0 Å². The Kier molecular flexibility index (Phi) is 5.58. The van der Waals surface area contributed by atoms with Gasteiger partial charge in [-0.05, 0) is 25.8 Å². The minimum atomic E-state index is 0.392. The highest BCUT2D eigenvalue weighted by atomic mass is 15.4. The van der Waals surface area contributed by atoms with Crippen molar-refractivity contribution >= 4 is 17.0 Å². The lowest BCUT2D eigenvalue weighted by molar-refractivity contribution is 0.452. The maximum Gasteiger partial charge on any atom is 0.165 e. The van der Waals surface area contributed by atoms with E-state index in [1.54, 1.807) is 4.52 Å². The lowest BCUT2D eigenvalue weighted by atomic mass is 9.92. The number of hydrogen-bond donors (Lipinski definition) is 3. The highest BCUT2D eigenvalue weighted by Gasteiger charge is 2.24. The number of nitrogens with two attached hydrogens (primary N) is 1. The second-order valence-electron chi connectivity index (χ2n) is 6.91. The molecule has 1 aliphatic heterocycles. The van der Waals surface area contributed by atoms with Gasteiger partial charge in [0, 0.05) is 49.5 Å². The van der Waals surface area contributed by atoms with Crippen LogP contribution in [0.2, 0.25) is 0 Å². The van der Waals surface area contributed by atoms with E-state index in [2.05, 4.69) is 29.3 Å². The fourth-order valence-corrected chi connectivity index (χ4v) is 3.68. The molecule has 1 fully saturated rings. The van der Waals surface area contributed by atoms with Crippen molar-refractivity contribution in [3.05, 3.63) is 41.9 Å². The van der Waals surface area contributed by atoms with E-state index in [-0.39, 0.29) is 0 Å². The van der Waals surface area contributed by atoms with Crippen molar-refractivity contribution in [2.45, 2.75) is 32.1 Å². The second-order valence-corrected chi connectivity index (χ2v) is 6.91. The number of allylic oxidation sites excluding steroid dienone is 2. The van der Waals surface area contributed by atoms with E-state index in [9.17, 15) is 0 Å². The molecule has 1 saturated heterocycles. The zero-order chi connectivity index (χ0) is 18.7. The number of hydrogen-bond acceptors (Lipinski definition) is 6. The highest BCUT2D eigenvalue weighted by molar-refractivity contribution is 5.82. The standard InChI is InChI=1S/C19H29N7/c1-5-13(12-25(3)4)16-11-22-26-18(16)23-17(14-8-7-9-21-10-14)15(6-2)19(26)24-20/h5,11-12,14,21,24H,1,6-10,20H2,2-4H3/b13-12+. The molecular formula is C19H29N7. The van der Waals surface area contributed by atoms with Gasteiger partial charge in [0.1, 0.15) is 5.82 Å². The lowest BCUT2D eigenvalue weighted by Gasteiger charge is -2.25. The van der Waals surface area contributed by atoms with Crippen LogP contribution in [0.3, 0.4) is 0 Å². The van der Waals surface area contributed by atoms with Gasteiger partial charge in [-0.1, -0.05) is 19.6 Å². The number of nitrogen functional groups attached to an aromatic ring is 1. The van der Waals surface area contributed by atoms with Crippen molar-refractivity contribution in [2.75, 3.05) is 32.6 Å². The zero-order valence-corrected chi connectivity index (χ0v) is 15.9. The number of anilines is 1. The van der Waals surface area contributed by atoms with Crippen molar-refractivity contribution in [3.63, 3.8) is 0 Å². The van der Waals surface area contributed by atoms with Crippen LogP contribution in [0, 0.1) is 0 Å². The van der Waals surface area contributed by atoms with Crippen LogP contribution >= 0.6 is 0 Å². The van der Waals surface area contributed by atoms with Gasteiger partial charge in [0.25, 0.3) is 0 Å². The van der Waals surface area contributed by atoms with Crippen molar-refractivity contribution in [1.82, 2.24) is 24.8 Å². The van der Waals surface area contributed by atoms with Crippen molar-refractivity contribution in [2.24, 2.45) is 5.84 Å². The number of hydrazine groups is 1. The smallest absolute Gasteiger partial charge is 0.165 e. The molecule has 1 unspecified atom stereocenters. The molecule has 7 heteroatoms. The van der Waals surface area contributed by atoms with Crippen LogP contribution in [0.1, 0.15) is 42.5 Å². The third kappa shape index (κ3) is 3.32. The third-order valence-corrected chi connectivity index (χ3v) is 4.88. The molecular weight excluding hydrogens is 326 g/mol. The normalized spacial score (nSPS) is 18.2. The third-order valence-electron chi connectivity index (χ3n) is 4.88. The first kappa shape index (κ1) is 18.4. The Morgan fingerprint density at radius 1 is 1.54 bits per heavy atom. The molecule has 0 spiro atoms. The molecule has 3 heterocycles. The van der Waals surface area contributed by atoms with Crippen molar-refractivity contribution in [1.29, 1.82) is 0 Å². The first-order valence-corrected chi connectivity index (χ1v) is 9.19. The van der Waals surface area contributed by atoms with Gasteiger partial charge in [0.05, 0.1) is 11.9 Å². The quantitative estimate of drug-likeness (QED) is 0.418. The Balaban J connectivity index is 2.23. The lowest BCUT2D eigenvalue weighted by Crippen LogP contribution is -2.30. The summed E-state index contributed by atoms with van der Waals surface area (Å²) in [7, 11) is 3.98. The van der Waals surface area contributed by atoms with E-state index in [1.165, 1.54) is 0 Å². The molecule has 2 aromatic rings.